The zero-order chi connectivity index (χ0) is 6.74. The van der Waals surface area contributed by atoms with Crippen molar-refractivity contribution >= 4 is 11.6 Å². The third kappa shape index (κ3) is 1.84. The summed E-state index contributed by atoms with van der Waals surface area (Å²) in [6.07, 6.45) is 4.34. The van der Waals surface area contributed by atoms with Gasteiger partial charge in [0.15, 0.2) is 0 Å². The lowest BCUT2D eigenvalue weighted by molar-refractivity contribution is -0.0189. The van der Waals surface area contributed by atoms with Crippen LogP contribution in [0.4, 0.5) is 0 Å². The van der Waals surface area contributed by atoms with Crippen molar-refractivity contribution in [3.63, 3.8) is 0 Å². The Morgan fingerprint density at radius 2 is 2.33 bits per heavy atom. The minimum absolute atomic E-state index is 0.307. The van der Waals surface area contributed by atoms with Crippen LogP contribution in [0.25, 0.3) is 0 Å². The smallest absolute Gasteiger partial charge is 0.141 e. The van der Waals surface area contributed by atoms with Crippen molar-refractivity contribution in [3.8, 4) is 0 Å². The van der Waals surface area contributed by atoms with Gasteiger partial charge >= 0.3 is 0 Å². The first-order valence-corrected chi connectivity index (χ1v) is 3.97. The lowest BCUT2D eigenvalue weighted by Gasteiger charge is -2.29. The zero-order valence-corrected chi connectivity index (χ0v) is 6.58. The summed E-state index contributed by atoms with van der Waals surface area (Å²) in [7, 11) is 0. The van der Waals surface area contributed by atoms with E-state index < -0.39 is 0 Å². The van der Waals surface area contributed by atoms with Crippen LogP contribution in [-0.2, 0) is 4.74 Å². The van der Waals surface area contributed by atoms with E-state index in [-0.39, 0.29) is 5.06 Å². The van der Waals surface area contributed by atoms with Gasteiger partial charge in [-0.05, 0) is 25.7 Å². The first-order valence-electron chi connectivity index (χ1n) is 3.60. The van der Waals surface area contributed by atoms with Crippen LogP contribution in [-0.4, -0.2) is 11.7 Å². The van der Waals surface area contributed by atoms with Crippen LogP contribution in [0, 0.1) is 0 Å². The molecule has 1 rings (SSSR count). The van der Waals surface area contributed by atoms with Crippen LogP contribution in [0.3, 0.4) is 0 Å². The van der Waals surface area contributed by atoms with Gasteiger partial charge in [-0.1, -0.05) is 18.5 Å². The van der Waals surface area contributed by atoms with Crippen LogP contribution in [0.2, 0.25) is 0 Å². The van der Waals surface area contributed by atoms with Gasteiger partial charge in [0.05, 0.1) is 0 Å². The Morgan fingerprint density at radius 1 is 1.56 bits per heavy atom. The fourth-order valence-corrected chi connectivity index (χ4v) is 1.31. The maximum Gasteiger partial charge on any atom is 0.141 e. The van der Waals surface area contributed by atoms with E-state index in [9.17, 15) is 0 Å². The molecule has 0 bridgehead atoms. The summed E-state index contributed by atoms with van der Waals surface area (Å²) in [5, 5.41) is -0.307. The van der Waals surface area contributed by atoms with E-state index in [1.54, 1.807) is 0 Å². The van der Waals surface area contributed by atoms with Gasteiger partial charge in [-0.2, -0.15) is 0 Å². The Labute approximate surface area is 61.3 Å². The molecule has 0 saturated carbocycles. The van der Waals surface area contributed by atoms with Crippen molar-refractivity contribution in [2.45, 2.75) is 37.7 Å². The highest BCUT2D eigenvalue weighted by Crippen LogP contribution is 2.31. The van der Waals surface area contributed by atoms with Crippen molar-refractivity contribution in [2.24, 2.45) is 0 Å². The predicted octanol–water partition coefficient (Wildman–Crippen LogP) is 2.53. The van der Waals surface area contributed by atoms with Crippen LogP contribution < -0.4 is 0 Å². The minimum atomic E-state index is -0.307. The number of halogens is 1. The molecule has 1 atom stereocenters. The van der Waals surface area contributed by atoms with Crippen molar-refractivity contribution in [3.05, 3.63) is 0 Å². The molecular weight excluding hydrogens is 136 g/mol. The normalized spacial score (nSPS) is 36.7. The summed E-state index contributed by atoms with van der Waals surface area (Å²) in [4.78, 5) is 0. The van der Waals surface area contributed by atoms with Crippen LogP contribution >= 0.6 is 11.6 Å². The van der Waals surface area contributed by atoms with Crippen LogP contribution in [0.5, 0.6) is 0 Å². The van der Waals surface area contributed by atoms with Crippen LogP contribution in [0.1, 0.15) is 32.6 Å². The second-order valence-corrected chi connectivity index (χ2v) is 3.23. The van der Waals surface area contributed by atoms with Crippen molar-refractivity contribution in [1.29, 1.82) is 0 Å². The maximum absolute atomic E-state index is 6.04. The first-order chi connectivity index (χ1) is 4.27. The average Bonchev–Trinajstić information content (AvgIpc) is 1.90. The molecule has 1 nitrogen and oxygen atoms in total. The molecule has 1 aliphatic heterocycles. The summed E-state index contributed by atoms with van der Waals surface area (Å²) in [6.45, 7) is 2.91. The van der Waals surface area contributed by atoms with Gasteiger partial charge in [0, 0.05) is 6.61 Å². The molecule has 1 saturated heterocycles. The van der Waals surface area contributed by atoms with E-state index in [1.807, 2.05) is 0 Å². The third-order valence-electron chi connectivity index (χ3n) is 1.83. The second-order valence-electron chi connectivity index (χ2n) is 2.54. The molecule has 1 aliphatic rings. The van der Waals surface area contributed by atoms with E-state index in [2.05, 4.69) is 6.92 Å². The highest BCUT2D eigenvalue weighted by atomic mass is 35.5. The lowest BCUT2D eigenvalue weighted by atomic mass is 10.1. The largest absolute Gasteiger partial charge is 0.360 e. The minimum Gasteiger partial charge on any atom is -0.360 e. The molecule has 0 spiro atoms. The summed E-state index contributed by atoms with van der Waals surface area (Å²) in [5.41, 5.74) is 0. The molecule has 0 aromatic carbocycles. The predicted molar refractivity (Wildman–Crippen MR) is 38.7 cm³/mol. The zero-order valence-electron chi connectivity index (χ0n) is 5.82. The average molecular weight is 149 g/mol. The Hall–Kier alpha value is 0.250. The van der Waals surface area contributed by atoms with Gasteiger partial charge in [-0.3, -0.25) is 0 Å². The fraction of sp³-hybridized carbons (Fsp3) is 1.00. The van der Waals surface area contributed by atoms with Crippen molar-refractivity contribution < 1.29 is 4.74 Å². The SMILES string of the molecule is CCC1(Cl)CCCCO1. The van der Waals surface area contributed by atoms with E-state index in [0.29, 0.717) is 0 Å². The van der Waals surface area contributed by atoms with Crippen molar-refractivity contribution in [2.75, 3.05) is 6.61 Å². The summed E-state index contributed by atoms with van der Waals surface area (Å²) < 4.78 is 5.38. The molecule has 0 aliphatic carbocycles. The Balaban J connectivity index is 2.37. The standard InChI is InChI=1S/C7H13ClO/c1-2-7(8)5-3-4-6-9-7/h2-6H2,1H3. The number of rotatable bonds is 1. The van der Waals surface area contributed by atoms with Gasteiger partial charge in [-0.25, -0.2) is 0 Å². The molecule has 0 radical (unpaired) electrons. The number of alkyl halides is 1. The van der Waals surface area contributed by atoms with Gasteiger partial charge < -0.3 is 4.74 Å². The molecule has 0 aromatic rings. The van der Waals surface area contributed by atoms with Crippen LogP contribution in [0.15, 0.2) is 0 Å². The van der Waals surface area contributed by atoms with Gasteiger partial charge in [0.2, 0.25) is 0 Å². The Bertz CT molecular complexity index is 86.9. The molecule has 0 amide bonds. The molecule has 2 heteroatoms. The molecule has 1 heterocycles. The van der Waals surface area contributed by atoms with Crippen molar-refractivity contribution in [1.82, 2.24) is 0 Å². The molecule has 54 valence electrons. The maximum atomic E-state index is 6.04. The quantitative estimate of drug-likeness (QED) is 0.520. The van der Waals surface area contributed by atoms with Gasteiger partial charge in [0.25, 0.3) is 0 Å². The molecule has 9 heavy (non-hydrogen) atoms. The van der Waals surface area contributed by atoms with E-state index in [4.69, 9.17) is 16.3 Å². The second kappa shape index (κ2) is 2.89. The molecule has 0 N–H and O–H groups in total. The molecule has 1 fully saturated rings. The summed E-state index contributed by atoms with van der Waals surface area (Å²) in [6, 6.07) is 0. The highest BCUT2D eigenvalue weighted by Gasteiger charge is 2.27. The topological polar surface area (TPSA) is 9.23 Å². The monoisotopic (exact) mass is 148 g/mol. The summed E-state index contributed by atoms with van der Waals surface area (Å²) >= 11 is 6.04. The number of hydrogen-bond acceptors (Lipinski definition) is 1. The number of hydrogen-bond donors (Lipinski definition) is 0. The molecular formula is C7H13ClO. The number of ether oxygens (including phenoxy) is 1. The van der Waals surface area contributed by atoms with Gasteiger partial charge in [-0.15, -0.1) is 0 Å². The Morgan fingerprint density at radius 3 is 2.67 bits per heavy atom. The first kappa shape index (κ1) is 7.36. The molecule has 1 unspecified atom stereocenters. The third-order valence-corrected chi connectivity index (χ3v) is 2.40. The van der Waals surface area contributed by atoms with E-state index in [0.717, 1.165) is 19.4 Å². The fourth-order valence-electron chi connectivity index (χ4n) is 1.10. The lowest BCUT2D eigenvalue weighted by Crippen LogP contribution is -2.28. The summed E-state index contributed by atoms with van der Waals surface area (Å²) in [5.74, 6) is 0. The Kier molecular flexibility index (Phi) is 2.36. The van der Waals surface area contributed by atoms with E-state index in [1.165, 1.54) is 12.8 Å². The molecule has 0 aromatic heterocycles. The highest BCUT2D eigenvalue weighted by molar-refractivity contribution is 6.22. The van der Waals surface area contributed by atoms with E-state index >= 15 is 0 Å². The van der Waals surface area contributed by atoms with Gasteiger partial charge in [0.1, 0.15) is 5.06 Å².